The van der Waals surface area contributed by atoms with Crippen LogP contribution in [0.5, 0.6) is 0 Å². The molecule has 2 saturated carbocycles. The third-order valence-electron chi connectivity index (χ3n) is 4.39. The lowest BCUT2D eigenvalue weighted by molar-refractivity contribution is -0.0672. The molecule has 0 saturated heterocycles. The summed E-state index contributed by atoms with van der Waals surface area (Å²) in [6.45, 7) is 2.34. The summed E-state index contributed by atoms with van der Waals surface area (Å²) in [7, 11) is 0. The smallest absolute Gasteiger partial charge is 0.0729 e. The van der Waals surface area contributed by atoms with Crippen LogP contribution in [0, 0.1) is 5.92 Å². The molecule has 0 heterocycles. The van der Waals surface area contributed by atoms with Gasteiger partial charge in [-0.2, -0.15) is 0 Å². The van der Waals surface area contributed by atoms with Crippen LogP contribution in [-0.4, -0.2) is 18.2 Å². The average Bonchev–Trinajstić information content (AvgIpc) is 2.48. The van der Waals surface area contributed by atoms with Crippen LogP contribution in [0.3, 0.4) is 0 Å². The van der Waals surface area contributed by atoms with Crippen LogP contribution < -0.4 is 5.73 Å². The monoisotopic (exact) mass is 225 g/mol. The van der Waals surface area contributed by atoms with E-state index in [1.807, 2.05) is 0 Å². The summed E-state index contributed by atoms with van der Waals surface area (Å²) >= 11 is 0. The van der Waals surface area contributed by atoms with Crippen LogP contribution in [0.4, 0.5) is 0 Å². The van der Waals surface area contributed by atoms with E-state index in [0.29, 0.717) is 12.2 Å². The van der Waals surface area contributed by atoms with E-state index in [2.05, 4.69) is 6.92 Å². The molecule has 2 fully saturated rings. The van der Waals surface area contributed by atoms with Gasteiger partial charge < -0.3 is 10.5 Å². The number of rotatable bonds is 2. The van der Waals surface area contributed by atoms with Gasteiger partial charge in [0.1, 0.15) is 0 Å². The second kappa shape index (κ2) is 6.02. The first-order valence-electron chi connectivity index (χ1n) is 7.18. The molecule has 0 aromatic carbocycles. The summed E-state index contributed by atoms with van der Waals surface area (Å²) in [5.41, 5.74) is 6.22. The van der Waals surface area contributed by atoms with Gasteiger partial charge in [-0.15, -0.1) is 0 Å². The standard InChI is InChI=1S/C14H27NO/c1-11-7-5-6-9-13(11)16-14-10-4-2-3-8-12(14)15/h11-14H,2-10,15H2,1H3. The fourth-order valence-electron chi connectivity index (χ4n) is 3.18. The van der Waals surface area contributed by atoms with Crippen molar-refractivity contribution in [2.75, 3.05) is 0 Å². The maximum Gasteiger partial charge on any atom is 0.0729 e. The average molecular weight is 225 g/mol. The molecule has 2 aliphatic rings. The molecule has 2 rings (SSSR count). The quantitative estimate of drug-likeness (QED) is 0.732. The van der Waals surface area contributed by atoms with Crippen molar-refractivity contribution in [3.63, 3.8) is 0 Å². The second-order valence-electron chi connectivity index (χ2n) is 5.78. The lowest BCUT2D eigenvalue weighted by atomic mass is 9.87. The molecule has 16 heavy (non-hydrogen) atoms. The van der Waals surface area contributed by atoms with Crippen molar-refractivity contribution >= 4 is 0 Å². The van der Waals surface area contributed by atoms with Crippen LogP contribution in [0.2, 0.25) is 0 Å². The fraction of sp³-hybridized carbons (Fsp3) is 1.00. The first kappa shape index (κ1) is 12.4. The zero-order valence-corrected chi connectivity index (χ0v) is 10.7. The summed E-state index contributed by atoms with van der Waals surface area (Å²) in [5.74, 6) is 0.740. The van der Waals surface area contributed by atoms with Gasteiger partial charge in [-0.3, -0.25) is 0 Å². The van der Waals surface area contributed by atoms with Crippen molar-refractivity contribution in [2.45, 2.75) is 83.0 Å². The molecule has 2 heteroatoms. The molecule has 2 aliphatic carbocycles. The lowest BCUT2D eigenvalue weighted by Crippen LogP contribution is -2.40. The highest BCUT2D eigenvalue weighted by atomic mass is 16.5. The van der Waals surface area contributed by atoms with E-state index in [1.54, 1.807) is 0 Å². The summed E-state index contributed by atoms with van der Waals surface area (Å²) in [4.78, 5) is 0. The van der Waals surface area contributed by atoms with Gasteiger partial charge in [0.05, 0.1) is 12.2 Å². The van der Waals surface area contributed by atoms with E-state index in [4.69, 9.17) is 10.5 Å². The Bertz CT molecular complexity index is 207. The molecule has 0 bridgehead atoms. The van der Waals surface area contributed by atoms with Crippen LogP contribution in [-0.2, 0) is 4.74 Å². The minimum absolute atomic E-state index is 0.289. The summed E-state index contributed by atoms with van der Waals surface area (Å²) in [6, 6.07) is 0.289. The van der Waals surface area contributed by atoms with Gasteiger partial charge in [0, 0.05) is 6.04 Å². The van der Waals surface area contributed by atoms with Crippen LogP contribution in [0.25, 0.3) is 0 Å². The molecule has 0 aromatic heterocycles. The van der Waals surface area contributed by atoms with E-state index in [1.165, 1.54) is 51.4 Å². The van der Waals surface area contributed by atoms with E-state index in [-0.39, 0.29) is 6.04 Å². The predicted molar refractivity (Wildman–Crippen MR) is 67.4 cm³/mol. The third-order valence-corrected chi connectivity index (χ3v) is 4.39. The summed E-state index contributed by atoms with van der Waals surface area (Å²) in [6.07, 6.45) is 12.4. The van der Waals surface area contributed by atoms with Crippen molar-refractivity contribution in [1.29, 1.82) is 0 Å². The largest absolute Gasteiger partial charge is 0.373 e. The molecule has 0 aliphatic heterocycles. The maximum absolute atomic E-state index is 6.31. The highest BCUT2D eigenvalue weighted by Crippen LogP contribution is 2.30. The van der Waals surface area contributed by atoms with Gasteiger partial charge in [0.2, 0.25) is 0 Å². The summed E-state index contributed by atoms with van der Waals surface area (Å²) < 4.78 is 6.31. The number of nitrogens with two attached hydrogens (primary N) is 1. The predicted octanol–water partition coefficient (Wildman–Crippen LogP) is 3.24. The Morgan fingerprint density at radius 2 is 1.44 bits per heavy atom. The summed E-state index contributed by atoms with van der Waals surface area (Å²) in [5, 5.41) is 0. The Labute approximate surface area is 99.9 Å². The van der Waals surface area contributed by atoms with E-state index >= 15 is 0 Å². The highest BCUT2D eigenvalue weighted by Gasteiger charge is 2.28. The van der Waals surface area contributed by atoms with Crippen molar-refractivity contribution in [2.24, 2.45) is 11.7 Å². The van der Waals surface area contributed by atoms with Gasteiger partial charge >= 0.3 is 0 Å². The van der Waals surface area contributed by atoms with Gasteiger partial charge in [-0.1, -0.05) is 39.0 Å². The SMILES string of the molecule is CC1CCCCC1OC1CCCCCC1N. The fourth-order valence-corrected chi connectivity index (χ4v) is 3.18. The molecule has 94 valence electrons. The molecular weight excluding hydrogens is 198 g/mol. The van der Waals surface area contributed by atoms with Crippen molar-refractivity contribution in [3.8, 4) is 0 Å². The minimum Gasteiger partial charge on any atom is -0.373 e. The Morgan fingerprint density at radius 3 is 2.25 bits per heavy atom. The highest BCUT2D eigenvalue weighted by molar-refractivity contribution is 4.81. The van der Waals surface area contributed by atoms with Crippen molar-refractivity contribution in [1.82, 2.24) is 0 Å². The van der Waals surface area contributed by atoms with Crippen LogP contribution >= 0.6 is 0 Å². The first-order valence-corrected chi connectivity index (χ1v) is 7.18. The molecule has 0 aromatic rings. The second-order valence-corrected chi connectivity index (χ2v) is 5.78. The van der Waals surface area contributed by atoms with Gasteiger partial charge in [-0.05, 0) is 31.6 Å². The molecule has 2 N–H and O–H groups in total. The Kier molecular flexibility index (Phi) is 4.66. The number of ether oxygens (including phenoxy) is 1. The minimum atomic E-state index is 0.289. The van der Waals surface area contributed by atoms with Gasteiger partial charge in [0.15, 0.2) is 0 Å². The third kappa shape index (κ3) is 3.21. The van der Waals surface area contributed by atoms with Gasteiger partial charge in [0.25, 0.3) is 0 Å². The molecule has 4 atom stereocenters. The van der Waals surface area contributed by atoms with Crippen molar-refractivity contribution in [3.05, 3.63) is 0 Å². The molecule has 2 nitrogen and oxygen atoms in total. The van der Waals surface area contributed by atoms with E-state index in [0.717, 1.165) is 12.3 Å². The lowest BCUT2D eigenvalue weighted by Gasteiger charge is -2.34. The van der Waals surface area contributed by atoms with Crippen molar-refractivity contribution < 1.29 is 4.74 Å². The van der Waals surface area contributed by atoms with Gasteiger partial charge in [-0.25, -0.2) is 0 Å². The normalized spacial score (nSPS) is 41.6. The molecule has 0 radical (unpaired) electrons. The number of hydrogen-bond acceptors (Lipinski definition) is 2. The number of hydrogen-bond donors (Lipinski definition) is 1. The molecular formula is C14H27NO. The van der Waals surface area contributed by atoms with Crippen LogP contribution in [0.15, 0.2) is 0 Å². The maximum atomic E-state index is 6.31. The Morgan fingerprint density at radius 1 is 0.812 bits per heavy atom. The first-order chi connectivity index (χ1) is 7.77. The molecule has 0 amide bonds. The Hall–Kier alpha value is -0.0800. The zero-order chi connectivity index (χ0) is 11.4. The molecule has 0 spiro atoms. The van der Waals surface area contributed by atoms with E-state index < -0.39 is 0 Å². The van der Waals surface area contributed by atoms with Crippen LogP contribution in [0.1, 0.15) is 64.7 Å². The zero-order valence-electron chi connectivity index (χ0n) is 10.7. The topological polar surface area (TPSA) is 35.2 Å². The van der Waals surface area contributed by atoms with E-state index in [9.17, 15) is 0 Å². The Balaban J connectivity index is 1.86. The molecule has 4 unspecified atom stereocenters.